The number of nitrogens with one attached hydrogen (secondary N) is 1. The Hall–Kier alpha value is -2.70. The topological polar surface area (TPSA) is 105 Å². The maximum absolute atomic E-state index is 10.8. The van der Waals surface area contributed by atoms with Crippen LogP contribution in [0.5, 0.6) is 17.2 Å². The molecule has 0 bridgehead atoms. The first kappa shape index (κ1) is 12.7. The number of carbonyl (C=O) groups is 1. The molecule has 7 heteroatoms. The largest absolute Gasteiger partial charge is 0.508 e. The fourth-order valence-electron chi connectivity index (χ4n) is 1.71. The Morgan fingerprint density at radius 1 is 1.26 bits per heavy atom. The van der Waals surface area contributed by atoms with Gasteiger partial charge in [0.15, 0.2) is 11.5 Å². The van der Waals surface area contributed by atoms with E-state index in [0.29, 0.717) is 22.8 Å². The lowest BCUT2D eigenvalue weighted by molar-refractivity contribution is 0.0690. The summed E-state index contributed by atoms with van der Waals surface area (Å²) in [7, 11) is 2.89. The molecule has 0 fully saturated rings. The van der Waals surface area contributed by atoms with Crippen molar-refractivity contribution in [3.8, 4) is 28.5 Å². The average molecular weight is 264 g/mol. The van der Waals surface area contributed by atoms with Crippen molar-refractivity contribution in [2.75, 3.05) is 14.2 Å². The Kier molecular flexibility index (Phi) is 3.28. The molecule has 0 radical (unpaired) electrons. The van der Waals surface area contributed by atoms with E-state index in [4.69, 9.17) is 14.6 Å². The van der Waals surface area contributed by atoms with Crippen molar-refractivity contribution < 1.29 is 24.5 Å². The second-order valence-electron chi connectivity index (χ2n) is 3.70. The molecule has 0 aliphatic rings. The number of methoxy groups -OCH3 is 2. The second kappa shape index (κ2) is 4.89. The molecule has 1 heterocycles. The molecule has 0 aliphatic heterocycles. The summed E-state index contributed by atoms with van der Waals surface area (Å²) in [5, 5.41) is 24.7. The number of nitrogens with zero attached hydrogens (tertiary/aromatic N) is 1. The lowest BCUT2D eigenvalue weighted by Crippen LogP contribution is -1.95. The highest BCUT2D eigenvalue weighted by Crippen LogP contribution is 2.40. The van der Waals surface area contributed by atoms with Crippen molar-refractivity contribution in [2.24, 2.45) is 0 Å². The monoisotopic (exact) mass is 264 g/mol. The molecular weight excluding hydrogens is 252 g/mol. The van der Waals surface area contributed by atoms with Gasteiger partial charge < -0.3 is 19.7 Å². The maximum Gasteiger partial charge on any atom is 0.353 e. The Morgan fingerprint density at radius 3 is 2.53 bits per heavy atom. The highest BCUT2D eigenvalue weighted by molar-refractivity contribution is 5.87. The lowest BCUT2D eigenvalue weighted by atomic mass is 10.1. The molecule has 0 unspecified atom stereocenters. The number of phenolic OH excluding ortho intramolecular Hbond substituents is 1. The maximum atomic E-state index is 10.8. The van der Waals surface area contributed by atoms with Gasteiger partial charge in [-0.25, -0.2) is 4.79 Å². The van der Waals surface area contributed by atoms with Gasteiger partial charge in [-0.2, -0.15) is 5.10 Å². The zero-order valence-corrected chi connectivity index (χ0v) is 10.3. The molecule has 0 aliphatic carbocycles. The van der Waals surface area contributed by atoms with Crippen LogP contribution < -0.4 is 9.47 Å². The Bertz CT molecular complexity index is 621. The van der Waals surface area contributed by atoms with Crippen LogP contribution in [0.25, 0.3) is 11.3 Å². The second-order valence-corrected chi connectivity index (χ2v) is 3.70. The number of ether oxygens (including phenoxy) is 2. The van der Waals surface area contributed by atoms with Crippen LogP contribution in [0, 0.1) is 0 Å². The number of rotatable bonds is 4. The molecular formula is C12H12N2O5. The van der Waals surface area contributed by atoms with Gasteiger partial charge in [0.25, 0.3) is 0 Å². The third-order valence-electron chi connectivity index (χ3n) is 2.55. The first-order chi connectivity index (χ1) is 9.06. The van der Waals surface area contributed by atoms with Crippen molar-refractivity contribution in [1.29, 1.82) is 0 Å². The number of aromatic nitrogens is 2. The Labute approximate surface area is 108 Å². The number of hydrogen-bond acceptors (Lipinski definition) is 5. The zero-order valence-electron chi connectivity index (χ0n) is 10.3. The van der Waals surface area contributed by atoms with E-state index >= 15 is 0 Å². The van der Waals surface area contributed by atoms with E-state index in [2.05, 4.69) is 10.2 Å². The van der Waals surface area contributed by atoms with E-state index in [0.717, 1.165) is 0 Å². The molecule has 0 amide bonds. The molecule has 1 aromatic carbocycles. The normalized spacial score (nSPS) is 10.2. The number of phenols is 1. The number of carboxylic acid groups (broad SMARTS) is 1. The number of carboxylic acids is 1. The number of aromatic hydroxyl groups is 1. The fraction of sp³-hybridized carbons (Fsp3) is 0.167. The molecule has 1 aromatic heterocycles. The third-order valence-corrected chi connectivity index (χ3v) is 2.55. The minimum atomic E-state index is -1.12. The summed E-state index contributed by atoms with van der Waals surface area (Å²) in [6.45, 7) is 0. The summed E-state index contributed by atoms with van der Waals surface area (Å²) < 4.78 is 10.3. The minimum absolute atomic E-state index is 0.0347. The van der Waals surface area contributed by atoms with Crippen LogP contribution in [0.3, 0.4) is 0 Å². The van der Waals surface area contributed by atoms with Crippen LogP contribution in [0.1, 0.15) is 10.5 Å². The molecule has 100 valence electrons. The molecule has 19 heavy (non-hydrogen) atoms. The summed E-state index contributed by atoms with van der Waals surface area (Å²) in [5.74, 6) is -0.460. The van der Waals surface area contributed by atoms with Crippen LogP contribution in [-0.2, 0) is 0 Å². The molecule has 2 rings (SSSR count). The van der Waals surface area contributed by atoms with Gasteiger partial charge in [0.2, 0.25) is 0 Å². The summed E-state index contributed by atoms with van der Waals surface area (Å²) in [5.41, 5.74) is 0.714. The van der Waals surface area contributed by atoms with Gasteiger partial charge in [-0.05, 0) is 12.1 Å². The van der Waals surface area contributed by atoms with Gasteiger partial charge in [0.05, 0.1) is 25.5 Å². The molecule has 0 saturated heterocycles. The predicted molar refractivity (Wildman–Crippen MR) is 65.8 cm³/mol. The van der Waals surface area contributed by atoms with Crippen LogP contribution in [0.2, 0.25) is 0 Å². The summed E-state index contributed by atoms with van der Waals surface area (Å²) >= 11 is 0. The zero-order chi connectivity index (χ0) is 14.0. The van der Waals surface area contributed by atoms with Crippen molar-refractivity contribution in [3.05, 3.63) is 23.9 Å². The Balaban J connectivity index is 2.59. The van der Waals surface area contributed by atoms with Crippen LogP contribution >= 0.6 is 0 Å². The van der Waals surface area contributed by atoms with E-state index in [1.807, 2.05) is 0 Å². The fourth-order valence-corrected chi connectivity index (χ4v) is 1.71. The number of hydrogen-bond donors (Lipinski definition) is 3. The molecule has 0 saturated carbocycles. The van der Waals surface area contributed by atoms with Crippen molar-refractivity contribution >= 4 is 5.97 Å². The Morgan fingerprint density at radius 2 is 2.00 bits per heavy atom. The van der Waals surface area contributed by atoms with Gasteiger partial charge in [-0.15, -0.1) is 0 Å². The number of aromatic carboxylic acids is 1. The minimum Gasteiger partial charge on any atom is -0.508 e. The third kappa shape index (κ3) is 2.30. The van der Waals surface area contributed by atoms with E-state index < -0.39 is 5.97 Å². The average Bonchev–Trinajstić information content (AvgIpc) is 2.87. The van der Waals surface area contributed by atoms with E-state index in [1.165, 1.54) is 32.4 Å². The SMILES string of the molecule is COc1cc(O)cc(-c2cc(C(=O)O)[nH]n2)c1OC. The van der Waals surface area contributed by atoms with Gasteiger partial charge >= 0.3 is 5.97 Å². The van der Waals surface area contributed by atoms with Gasteiger partial charge in [-0.1, -0.05) is 0 Å². The van der Waals surface area contributed by atoms with Crippen molar-refractivity contribution in [2.45, 2.75) is 0 Å². The molecule has 0 spiro atoms. The molecule has 7 nitrogen and oxygen atoms in total. The lowest BCUT2D eigenvalue weighted by Gasteiger charge is -2.11. The van der Waals surface area contributed by atoms with Crippen molar-refractivity contribution in [1.82, 2.24) is 10.2 Å². The molecule has 2 aromatic rings. The number of H-pyrrole nitrogens is 1. The van der Waals surface area contributed by atoms with E-state index in [-0.39, 0.29) is 11.4 Å². The van der Waals surface area contributed by atoms with Crippen LogP contribution in [-0.4, -0.2) is 40.6 Å². The van der Waals surface area contributed by atoms with Crippen LogP contribution in [0.4, 0.5) is 0 Å². The van der Waals surface area contributed by atoms with Crippen LogP contribution in [0.15, 0.2) is 18.2 Å². The summed E-state index contributed by atoms with van der Waals surface area (Å²) in [4.78, 5) is 10.8. The summed E-state index contributed by atoms with van der Waals surface area (Å²) in [6.07, 6.45) is 0. The first-order valence-electron chi connectivity index (χ1n) is 5.31. The number of benzene rings is 1. The summed E-state index contributed by atoms with van der Waals surface area (Å²) in [6, 6.07) is 4.16. The quantitative estimate of drug-likeness (QED) is 0.772. The first-order valence-corrected chi connectivity index (χ1v) is 5.31. The van der Waals surface area contributed by atoms with Crippen molar-refractivity contribution in [3.63, 3.8) is 0 Å². The highest BCUT2D eigenvalue weighted by atomic mass is 16.5. The van der Waals surface area contributed by atoms with E-state index in [9.17, 15) is 9.90 Å². The van der Waals surface area contributed by atoms with Gasteiger partial charge in [0.1, 0.15) is 11.4 Å². The predicted octanol–water partition coefficient (Wildman–Crippen LogP) is 1.50. The van der Waals surface area contributed by atoms with Gasteiger partial charge in [-0.3, -0.25) is 5.10 Å². The number of aromatic amines is 1. The molecule has 0 atom stereocenters. The van der Waals surface area contributed by atoms with E-state index in [1.54, 1.807) is 0 Å². The smallest absolute Gasteiger partial charge is 0.353 e. The van der Waals surface area contributed by atoms with Gasteiger partial charge in [0, 0.05) is 6.07 Å². The standard InChI is InChI=1S/C12H12N2O5/c1-18-10-4-6(15)3-7(11(10)19-2)8-5-9(12(16)17)14-13-8/h3-5,15H,1-2H3,(H,13,14)(H,16,17). The molecule has 3 N–H and O–H groups in total. The highest BCUT2D eigenvalue weighted by Gasteiger charge is 2.17.